The van der Waals surface area contributed by atoms with Crippen molar-refractivity contribution in [2.75, 3.05) is 0 Å². The summed E-state index contributed by atoms with van der Waals surface area (Å²) in [4.78, 5) is 0. The molecule has 0 N–H and O–H groups in total. The number of hydrogen-bond donors (Lipinski definition) is 0. The predicted molar refractivity (Wildman–Crippen MR) is 181 cm³/mol. The van der Waals surface area contributed by atoms with Gasteiger partial charge in [-0.3, -0.25) is 0 Å². The quantitative estimate of drug-likeness (QED) is 0.0782. The highest BCUT2D eigenvalue weighted by molar-refractivity contribution is 6.26. The van der Waals surface area contributed by atoms with Crippen molar-refractivity contribution in [3.05, 3.63) is 156 Å². The van der Waals surface area contributed by atoms with Crippen LogP contribution in [0.4, 0.5) is 26.3 Å². The van der Waals surface area contributed by atoms with E-state index < -0.39 is 34.9 Å². The molecule has 0 saturated heterocycles. The van der Waals surface area contributed by atoms with Crippen molar-refractivity contribution < 1.29 is 26.3 Å². The van der Waals surface area contributed by atoms with Crippen LogP contribution in [0, 0.1) is 34.9 Å². The molecule has 6 heteroatoms. The summed E-state index contributed by atoms with van der Waals surface area (Å²) in [5.41, 5.74) is 3.55. The smallest absolute Gasteiger partial charge is 0.194 e. The van der Waals surface area contributed by atoms with Crippen LogP contribution in [0.15, 0.2) is 121 Å². The minimum Gasteiger partial charge on any atom is -0.204 e. The minimum atomic E-state index is -1.51. The van der Waals surface area contributed by atoms with Crippen LogP contribution in [0.5, 0.6) is 0 Å². The normalized spacial score (nSPS) is 12.0. The van der Waals surface area contributed by atoms with Gasteiger partial charge in [-0.05, 0) is 136 Å². The summed E-state index contributed by atoms with van der Waals surface area (Å²) in [6.45, 7) is 0. The zero-order valence-electron chi connectivity index (χ0n) is 24.8. The van der Waals surface area contributed by atoms with Gasteiger partial charge in [0.05, 0.1) is 0 Å². The molecule has 0 bridgehead atoms. The van der Waals surface area contributed by atoms with E-state index in [0.717, 1.165) is 89.3 Å². The first-order valence-electron chi connectivity index (χ1n) is 15.2. The molecule has 0 atom stereocenters. The summed E-state index contributed by atoms with van der Waals surface area (Å²) in [6.07, 6.45) is 0. The summed E-state index contributed by atoms with van der Waals surface area (Å²) < 4.78 is 84.9. The first-order chi connectivity index (χ1) is 23.3. The second kappa shape index (κ2) is 10.3. The Morgan fingerprint density at radius 2 is 0.562 bits per heavy atom. The van der Waals surface area contributed by atoms with Crippen LogP contribution >= 0.6 is 0 Å². The van der Waals surface area contributed by atoms with Crippen LogP contribution in [-0.4, -0.2) is 0 Å². The van der Waals surface area contributed by atoms with Crippen molar-refractivity contribution in [1.29, 1.82) is 0 Å². The highest BCUT2D eigenvalue weighted by Crippen LogP contribution is 2.46. The lowest BCUT2D eigenvalue weighted by Gasteiger charge is -2.19. The second-order valence-electron chi connectivity index (χ2n) is 12.1. The molecule has 0 radical (unpaired) electrons. The molecule has 9 aromatic carbocycles. The maximum Gasteiger partial charge on any atom is 0.194 e. The number of fused-ring (bicyclic) bond motifs is 2. The van der Waals surface area contributed by atoms with E-state index >= 15 is 0 Å². The average molecular weight is 639 g/mol. The SMILES string of the molecule is Fc1cc(-c2cc3ccc4cc(-c5c6ccccc6c(-c6cc(F)c(F)c(F)c6)c6ccccc56)cc5ccc(c2)c3c45)cc(F)c1F. The van der Waals surface area contributed by atoms with E-state index in [4.69, 9.17) is 0 Å². The van der Waals surface area contributed by atoms with E-state index in [1.165, 1.54) is 0 Å². The van der Waals surface area contributed by atoms with Crippen molar-refractivity contribution in [3.8, 4) is 33.4 Å². The van der Waals surface area contributed by atoms with Gasteiger partial charge in [0.25, 0.3) is 0 Å². The molecule has 9 rings (SSSR count). The molecule has 48 heavy (non-hydrogen) atoms. The molecule has 230 valence electrons. The van der Waals surface area contributed by atoms with Crippen LogP contribution in [0.25, 0.3) is 87.2 Å². The molecule has 0 fully saturated rings. The molecule has 0 nitrogen and oxygen atoms in total. The van der Waals surface area contributed by atoms with E-state index in [1.54, 1.807) is 0 Å². The number of benzene rings is 9. The molecule has 0 aliphatic carbocycles. The predicted octanol–water partition coefficient (Wildman–Crippen LogP) is 12.7. The largest absolute Gasteiger partial charge is 0.204 e. The van der Waals surface area contributed by atoms with Gasteiger partial charge in [-0.2, -0.15) is 0 Å². The van der Waals surface area contributed by atoms with Gasteiger partial charge >= 0.3 is 0 Å². The van der Waals surface area contributed by atoms with E-state index in [1.807, 2.05) is 84.9 Å². The summed E-state index contributed by atoms with van der Waals surface area (Å²) in [5.74, 6) is -8.00. The van der Waals surface area contributed by atoms with Crippen LogP contribution < -0.4 is 0 Å². The summed E-state index contributed by atoms with van der Waals surface area (Å²) in [6, 6.07) is 35.3. The maximum atomic E-state index is 14.5. The summed E-state index contributed by atoms with van der Waals surface area (Å²) in [5, 5.41) is 8.99. The van der Waals surface area contributed by atoms with Crippen molar-refractivity contribution in [3.63, 3.8) is 0 Å². The average Bonchev–Trinajstić information content (AvgIpc) is 3.09. The van der Waals surface area contributed by atoms with Gasteiger partial charge in [0, 0.05) is 0 Å². The summed E-state index contributed by atoms with van der Waals surface area (Å²) >= 11 is 0. The zero-order chi connectivity index (χ0) is 32.8. The third-order valence-electron chi connectivity index (χ3n) is 9.34. The molecule has 0 unspecified atom stereocenters. The standard InChI is InChI=1S/C42H20F6/c43-33-17-26(18-34(44)41(33)47)25-13-21-9-11-23-15-27(16-24-12-10-22(14-25)37(21)38(23)24)39-29-5-1-3-7-31(29)40(32-8-4-2-6-30(32)39)28-19-35(45)42(48)36(46)20-28/h1-20H. The van der Waals surface area contributed by atoms with E-state index in [0.29, 0.717) is 11.1 Å². The molecular formula is C42H20F6. The van der Waals surface area contributed by atoms with Crippen LogP contribution in [0.2, 0.25) is 0 Å². The highest BCUT2D eigenvalue weighted by Gasteiger charge is 2.21. The van der Waals surface area contributed by atoms with Crippen molar-refractivity contribution in [2.24, 2.45) is 0 Å². The Morgan fingerprint density at radius 1 is 0.292 bits per heavy atom. The van der Waals surface area contributed by atoms with Crippen LogP contribution in [-0.2, 0) is 0 Å². The Labute approximate surface area is 269 Å². The molecular weight excluding hydrogens is 618 g/mol. The Hall–Kier alpha value is -5.88. The summed E-state index contributed by atoms with van der Waals surface area (Å²) in [7, 11) is 0. The van der Waals surface area contributed by atoms with Crippen LogP contribution in [0.1, 0.15) is 0 Å². The fourth-order valence-electron chi connectivity index (χ4n) is 7.32. The number of hydrogen-bond acceptors (Lipinski definition) is 0. The Bertz CT molecular complexity index is 2630. The van der Waals surface area contributed by atoms with Crippen molar-refractivity contribution in [1.82, 2.24) is 0 Å². The van der Waals surface area contributed by atoms with E-state index in [-0.39, 0.29) is 11.1 Å². The topological polar surface area (TPSA) is 0 Å². The lowest BCUT2D eigenvalue weighted by molar-refractivity contribution is 0.447. The fourth-order valence-corrected chi connectivity index (χ4v) is 7.32. The van der Waals surface area contributed by atoms with Gasteiger partial charge in [0.1, 0.15) is 0 Å². The van der Waals surface area contributed by atoms with E-state index in [2.05, 4.69) is 12.1 Å². The van der Waals surface area contributed by atoms with Gasteiger partial charge < -0.3 is 0 Å². The van der Waals surface area contributed by atoms with Crippen molar-refractivity contribution >= 4 is 53.9 Å². The molecule has 0 spiro atoms. The molecule has 0 amide bonds. The molecule has 0 aliphatic rings. The Balaban J connectivity index is 1.30. The third kappa shape index (κ3) is 4.12. The van der Waals surface area contributed by atoms with Gasteiger partial charge in [-0.15, -0.1) is 0 Å². The molecule has 0 saturated carbocycles. The first-order valence-corrected chi connectivity index (χ1v) is 15.2. The number of halogens is 6. The maximum absolute atomic E-state index is 14.5. The monoisotopic (exact) mass is 638 g/mol. The Morgan fingerprint density at radius 3 is 0.917 bits per heavy atom. The molecule has 0 heterocycles. The molecule has 0 aromatic heterocycles. The highest BCUT2D eigenvalue weighted by atomic mass is 19.2. The van der Waals surface area contributed by atoms with Gasteiger partial charge in [0.15, 0.2) is 34.9 Å². The third-order valence-corrected chi connectivity index (χ3v) is 9.34. The second-order valence-corrected chi connectivity index (χ2v) is 12.1. The fraction of sp³-hybridized carbons (Fsp3) is 0. The van der Waals surface area contributed by atoms with Crippen LogP contribution in [0.3, 0.4) is 0 Å². The lowest BCUT2D eigenvalue weighted by atomic mass is 9.84. The van der Waals surface area contributed by atoms with Gasteiger partial charge in [-0.25, -0.2) is 26.3 Å². The van der Waals surface area contributed by atoms with Crippen molar-refractivity contribution in [2.45, 2.75) is 0 Å². The molecule has 0 aliphatic heterocycles. The number of rotatable bonds is 3. The lowest BCUT2D eigenvalue weighted by Crippen LogP contribution is -1.95. The minimum absolute atomic E-state index is 0.242. The Kier molecular flexibility index (Phi) is 6.09. The first kappa shape index (κ1) is 28.4. The zero-order valence-corrected chi connectivity index (χ0v) is 24.8. The van der Waals surface area contributed by atoms with Gasteiger partial charge in [-0.1, -0.05) is 72.8 Å². The van der Waals surface area contributed by atoms with E-state index in [9.17, 15) is 26.3 Å². The van der Waals surface area contributed by atoms with Gasteiger partial charge in [0.2, 0.25) is 0 Å². The molecule has 9 aromatic rings.